The highest BCUT2D eigenvalue weighted by Crippen LogP contribution is 2.32. The molecule has 0 saturated carbocycles. The number of nitrogens with one attached hydrogen (secondary N) is 1. The molecule has 0 spiro atoms. The summed E-state index contributed by atoms with van der Waals surface area (Å²) in [6, 6.07) is 22.4. The molecule has 1 aliphatic rings. The highest BCUT2D eigenvalue weighted by atomic mass is 32.2. The molecule has 262 valence electrons. The molecule has 3 aromatic carbocycles. The summed E-state index contributed by atoms with van der Waals surface area (Å²) in [4.78, 5) is 13.1. The number of sulfonamides is 1. The Kier molecular flexibility index (Phi) is 15.3. The smallest absolute Gasteiger partial charge is 0.264 e. The van der Waals surface area contributed by atoms with Crippen LogP contribution in [0.5, 0.6) is 23.0 Å². The molecule has 1 N–H and O–H groups in total. The molecule has 1 amide bonds. The van der Waals surface area contributed by atoms with Gasteiger partial charge in [-0.05, 0) is 42.8 Å². The van der Waals surface area contributed by atoms with Crippen molar-refractivity contribution < 1.29 is 41.6 Å². The predicted octanol–water partition coefficient (Wildman–Crippen LogP) is 6.72. The molecule has 4 rings (SSSR count). The molecule has 0 saturated heterocycles. The second kappa shape index (κ2) is 19.9. The van der Waals surface area contributed by atoms with Gasteiger partial charge < -0.3 is 28.4 Å². The molecule has 11 heteroatoms. The number of hydrogen-bond acceptors (Lipinski definition) is 9. The summed E-state index contributed by atoms with van der Waals surface area (Å²) < 4.78 is 64.6. The van der Waals surface area contributed by atoms with Crippen LogP contribution in [-0.2, 0) is 24.3 Å². The Labute approximate surface area is 285 Å². The van der Waals surface area contributed by atoms with Crippen LogP contribution in [0.3, 0.4) is 0 Å². The predicted molar refractivity (Wildman–Crippen MR) is 183 cm³/mol. The van der Waals surface area contributed by atoms with Crippen LogP contribution < -0.4 is 23.7 Å². The number of fused-ring (bicyclic) bond motifs is 2. The Morgan fingerprint density at radius 1 is 0.667 bits per heavy atom. The maximum absolute atomic E-state index is 13.1. The van der Waals surface area contributed by atoms with Crippen LogP contribution in [0, 0.1) is 0 Å². The highest BCUT2D eigenvalue weighted by molar-refractivity contribution is 7.90. The number of benzene rings is 3. The molecule has 0 atom stereocenters. The Hall–Kier alpha value is -3.80. The zero-order valence-corrected chi connectivity index (χ0v) is 28.7. The van der Waals surface area contributed by atoms with Gasteiger partial charge in [0.1, 0.15) is 38.6 Å². The zero-order valence-electron chi connectivity index (χ0n) is 27.9. The fourth-order valence-electron chi connectivity index (χ4n) is 5.30. The van der Waals surface area contributed by atoms with Crippen LogP contribution in [0.1, 0.15) is 64.7 Å². The first-order valence-corrected chi connectivity index (χ1v) is 18.4. The van der Waals surface area contributed by atoms with Crippen LogP contribution >= 0.6 is 0 Å². The average molecular weight is 684 g/mol. The first-order chi connectivity index (χ1) is 23.4. The van der Waals surface area contributed by atoms with Gasteiger partial charge >= 0.3 is 0 Å². The summed E-state index contributed by atoms with van der Waals surface area (Å²) in [5.74, 6) is 1.31. The molecule has 48 heavy (non-hydrogen) atoms. The normalized spacial score (nSPS) is 15.4. The van der Waals surface area contributed by atoms with Gasteiger partial charge in [0.05, 0.1) is 18.1 Å². The number of rotatable bonds is 14. The van der Waals surface area contributed by atoms with E-state index in [2.05, 4.69) is 11.6 Å². The van der Waals surface area contributed by atoms with E-state index in [0.29, 0.717) is 55.8 Å². The summed E-state index contributed by atoms with van der Waals surface area (Å²) in [5.41, 5.74) is -1.13. The third-order valence-corrected chi connectivity index (χ3v) is 9.34. The third kappa shape index (κ3) is 12.3. The van der Waals surface area contributed by atoms with Crippen molar-refractivity contribution in [1.82, 2.24) is 4.72 Å². The standard InChI is InChI=1S/C37H49NO9S/c1-2-3-4-5-6-7-8-16-23-37(47-28-36(39)38-48(40,41)31-17-10-9-11-18-31)29-45-34-21-14-12-19-32(34)43-26-24-42-25-27-44-33-20-13-15-22-35(33)46-30-37/h9-15,17-22H,2-8,16,23-30H2,1H3,(H,38,39). The van der Waals surface area contributed by atoms with Gasteiger partial charge in [0, 0.05) is 0 Å². The number of carbonyl (C=O) groups excluding carboxylic acids is 1. The molecular weight excluding hydrogens is 634 g/mol. The number of amides is 1. The van der Waals surface area contributed by atoms with Gasteiger partial charge in [-0.3, -0.25) is 4.79 Å². The fourth-order valence-corrected chi connectivity index (χ4v) is 6.29. The van der Waals surface area contributed by atoms with Crippen molar-refractivity contribution in [2.45, 2.75) is 75.2 Å². The maximum Gasteiger partial charge on any atom is 0.264 e. The minimum atomic E-state index is -4.08. The Balaban J connectivity index is 1.57. The topological polar surface area (TPSA) is 119 Å². The van der Waals surface area contributed by atoms with Crippen molar-refractivity contribution in [3.63, 3.8) is 0 Å². The molecule has 0 unspecified atom stereocenters. The second-order valence-corrected chi connectivity index (χ2v) is 13.5. The first-order valence-electron chi connectivity index (χ1n) is 16.9. The highest BCUT2D eigenvalue weighted by Gasteiger charge is 2.35. The number of unbranched alkanes of at least 4 members (excludes halogenated alkanes) is 7. The Morgan fingerprint density at radius 3 is 1.69 bits per heavy atom. The molecule has 0 aliphatic carbocycles. The lowest BCUT2D eigenvalue weighted by Gasteiger charge is -2.34. The Morgan fingerprint density at radius 2 is 1.15 bits per heavy atom. The maximum atomic E-state index is 13.1. The number of carbonyl (C=O) groups is 1. The number of para-hydroxylation sites is 4. The Bertz CT molecular complexity index is 1430. The molecular formula is C37H49NO9S. The van der Waals surface area contributed by atoms with E-state index in [1.54, 1.807) is 18.2 Å². The van der Waals surface area contributed by atoms with E-state index in [1.165, 1.54) is 37.8 Å². The fraction of sp³-hybridized carbons (Fsp3) is 0.486. The van der Waals surface area contributed by atoms with Crippen molar-refractivity contribution in [1.29, 1.82) is 0 Å². The van der Waals surface area contributed by atoms with Crippen LogP contribution in [0.15, 0.2) is 83.8 Å². The lowest BCUT2D eigenvalue weighted by Crippen LogP contribution is -2.47. The van der Waals surface area contributed by atoms with Crippen molar-refractivity contribution in [3.05, 3.63) is 78.9 Å². The SMILES string of the molecule is CCCCCCCCCCC1(OCC(=O)NS(=O)(=O)c2ccccc2)COc2ccccc2OCCOCCOc2ccccc2OC1. The molecule has 0 fully saturated rings. The van der Waals surface area contributed by atoms with Crippen LogP contribution in [0.25, 0.3) is 0 Å². The third-order valence-electron chi connectivity index (χ3n) is 7.95. The van der Waals surface area contributed by atoms with E-state index in [-0.39, 0.29) is 18.1 Å². The van der Waals surface area contributed by atoms with Crippen LogP contribution in [0.2, 0.25) is 0 Å². The second-order valence-electron chi connectivity index (χ2n) is 11.8. The lowest BCUT2D eigenvalue weighted by atomic mass is 9.96. The quantitative estimate of drug-likeness (QED) is 0.185. The minimum absolute atomic E-state index is 0.0120. The molecule has 0 aromatic heterocycles. The summed E-state index contributed by atoms with van der Waals surface area (Å²) in [6.45, 7) is 3.07. The summed E-state index contributed by atoms with van der Waals surface area (Å²) in [6.07, 6.45) is 9.38. The van der Waals surface area contributed by atoms with Crippen molar-refractivity contribution in [2.24, 2.45) is 0 Å². The van der Waals surface area contributed by atoms with E-state index in [9.17, 15) is 13.2 Å². The molecule has 10 nitrogen and oxygen atoms in total. The molecule has 1 aliphatic heterocycles. The van der Waals surface area contributed by atoms with Gasteiger partial charge in [0.15, 0.2) is 23.0 Å². The van der Waals surface area contributed by atoms with Crippen molar-refractivity contribution >= 4 is 15.9 Å². The van der Waals surface area contributed by atoms with Gasteiger partial charge in [-0.15, -0.1) is 0 Å². The lowest BCUT2D eigenvalue weighted by molar-refractivity contribution is -0.140. The van der Waals surface area contributed by atoms with E-state index >= 15 is 0 Å². The van der Waals surface area contributed by atoms with E-state index in [0.717, 1.165) is 25.7 Å². The molecule has 0 bridgehead atoms. The van der Waals surface area contributed by atoms with E-state index in [4.69, 9.17) is 28.4 Å². The van der Waals surface area contributed by atoms with Gasteiger partial charge in [-0.1, -0.05) is 101 Å². The van der Waals surface area contributed by atoms with Crippen molar-refractivity contribution in [3.8, 4) is 23.0 Å². The van der Waals surface area contributed by atoms with E-state index < -0.39 is 28.1 Å². The van der Waals surface area contributed by atoms with E-state index in [1.807, 2.05) is 48.5 Å². The van der Waals surface area contributed by atoms with Gasteiger partial charge in [-0.25, -0.2) is 13.1 Å². The average Bonchev–Trinajstić information content (AvgIpc) is 3.10. The first kappa shape index (κ1) is 37.0. The summed E-state index contributed by atoms with van der Waals surface area (Å²) in [7, 11) is -4.08. The monoisotopic (exact) mass is 683 g/mol. The zero-order chi connectivity index (χ0) is 33.9. The van der Waals surface area contributed by atoms with Gasteiger partial charge in [-0.2, -0.15) is 0 Å². The van der Waals surface area contributed by atoms with Crippen LogP contribution in [0.4, 0.5) is 0 Å². The van der Waals surface area contributed by atoms with Crippen LogP contribution in [-0.4, -0.2) is 66.2 Å². The number of ether oxygens (including phenoxy) is 6. The van der Waals surface area contributed by atoms with Crippen molar-refractivity contribution in [2.75, 3.05) is 46.2 Å². The molecule has 1 heterocycles. The number of hydrogen-bond donors (Lipinski definition) is 1. The largest absolute Gasteiger partial charge is 0.487 e. The van der Waals surface area contributed by atoms with Gasteiger partial charge in [0.2, 0.25) is 0 Å². The summed E-state index contributed by atoms with van der Waals surface area (Å²) in [5, 5.41) is 0. The summed E-state index contributed by atoms with van der Waals surface area (Å²) >= 11 is 0. The van der Waals surface area contributed by atoms with Gasteiger partial charge in [0.25, 0.3) is 15.9 Å². The minimum Gasteiger partial charge on any atom is -0.487 e. The molecule has 0 radical (unpaired) electrons. The molecule has 3 aromatic rings.